The number of carbonyl (C=O) groups excluding carboxylic acids is 8. The summed E-state index contributed by atoms with van der Waals surface area (Å²) in [6, 6.07) is 0. The van der Waals surface area contributed by atoms with Crippen molar-refractivity contribution in [3.05, 3.63) is 0 Å². The van der Waals surface area contributed by atoms with Gasteiger partial charge in [0.1, 0.15) is 66.5 Å². The molecule has 0 spiro atoms. The van der Waals surface area contributed by atoms with Gasteiger partial charge >= 0.3 is 0 Å². The van der Waals surface area contributed by atoms with Crippen molar-refractivity contribution in [2.75, 3.05) is 223 Å². The first kappa shape index (κ1) is 79.4. The van der Waals surface area contributed by atoms with Crippen LogP contribution >= 0.6 is 23.5 Å². The van der Waals surface area contributed by atoms with E-state index in [0.29, 0.717) is 72.6 Å². The third kappa shape index (κ3) is 46.5. The molecule has 8 aliphatic heterocycles. The van der Waals surface area contributed by atoms with Gasteiger partial charge in [0.05, 0.1) is 92.4 Å². The second-order valence-electron chi connectivity index (χ2n) is 22.8. The minimum Gasteiger partial charge on any atom is -0.340 e. The van der Waals surface area contributed by atoms with Crippen molar-refractivity contribution in [3.63, 3.8) is 0 Å². The van der Waals surface area contributed by atoms with Crippen LogP contribution in [0.3, 0.4) is 0 Å². The van der Waals surface area contributed by atoms with Crippen LogP contribution in [0.1, 0.15) is 93.9 Å². The molecule has 8 rings (SSSR count). The molecule has 0 atom stereocenters. The summed E-state index contributed by atoms with van der Waals surface area (Å²) in [5.74, 6) is 3.89. The standard InChI is InChI=1S/C8H17N3O.2C8H16N2O.2C7H14N2O.C6H13N3O.C6H11NO3.C6H11NOS2/c1-8(12)4-11-6-9(2)5-10(3)7-11;1-8(11)6-10-5-3-4-9(2)7-10;1-8(11)7-10-6-4-3-5-9(10)2;1-7(10)5-9-4-2-3-8-6-9;1-7(10)6-9-5-3-2-4-8-9;1-6(10)2-9-4-7-3-8-5-9;2*1-6(8)2-7-3-9-5-10-4-7/h4-7H2,1-3H3;2*3-7H2,1-2H3;2*8H,2-6H2,1H3;7-8H,2-5H2,1H3;2*2-5H2,1H3. The van der Waals surface area contributed by atoms with Crippen LogP contribution in [0.25, 0.3) is 0 Å². The summed E-state index contributed by atoms with van der Waals surface area (Å²) in [6.45, 7) is 34.4. The molecule has 8 saturated heterocycles. The minimum atomic E-state index is 0.133. The summed E-state index contributed by atoms with van der Waals surface area (Å²) >= 11 is 3.76. The Morgan fingerprint density at radius 1 is 0.393 bits per heavy atom. The quantitative estimate of drug-likeness (QED) is 0.162. The van der Waals surface area contributed by atoms with Crippen LogP contribution in [-0.2, 0) is 47.8 Å². The maximum absolute atomic E-state index is 10.8. The summed E-state index contributed by atoms with van der Waals surface area (Å²) in [4.78, 5) is 105. The lowest BCUT2D eigenvalue weighted by Gasteiger charge is -2.38. The van der Waals surface area contributed by atoms with Crippen LogP contribution in [0.4, 0.5) is 0 Å². The van der Waals surface area contributed by atoms with Crippen LogP contribution in [0.2, 0.25) is 0 Å². The van der Waals surface area contributed by atoms with E-state index in [2.05, 4.69) is 86.8 Å². The second kappa shape index (κ2) is 49.2. The fraction of sp³-hybridized carbons (Fsp3) is 0.857. The first-order valence-corrected chi connectivity index (χ1v) is 31.9. The number of nitrogens with one attached hydrogen (secondary N) is 4. The molecule has 0 aromatic carbocycles. The summed E-state index contributed by atoms with van der Waals surface area (Å²) in [5, 5.41) is 16.8. The van der Waals surface area contributed by atoms with Crippen LogP contribution in [-0.4, -0.2) is 329 Å². The number of ether oxygens (including phenoxy) is 2. The van der Waals surface area contributed by atoms with Crippen molar-refractivity contribution >= 4 is 69.8 Å². The second-order valence-corrected chi connectivity index (χ2v) is 25.1. The average Bonchev–Trinajstić information content (AvgIpc) is 3.42. The fourth-order valence-corrected chi connectivity index (χ4v) is 11.6. The van der Waals surface area contributed by atoms with E-state index in [1.807, 2.05) is 40.5 Å². The van der Waals surface area contributed by atoms with Gasteiger partial charge < -0.3 is 14.8 Å². The average molecular weight is 1230 g/mol. The molecule has 26 nitrogen and oxygen atoms in total. The first-order valence-electron chi connectivity index (χ1n) is 29.6. The van der Waals surface area contributed by atoms with Crippen LogP contribution in [0.15, 0.2) is 0 Å². The van der Waals surface area contributed by atoms with Gasteiger partial charge in [-0.2, -0.15) is 0 Å². The van der Waals surface area contributed by atoms with Gasteiger partial charge in [-0.3, -0.25) is 98.5 Å². The van der Waals surface area contributed by atoms with E-state index in [1.165, 1.54) is 37.2 Å². The van der Waals surface area contributed by atoms with Gasteiger partial charge in [0.15, 0.2) is 0 Å². The zero-order valence-corrected chi connectivity index (χ0v) is 55.4. The number of carbonyl (C=O) groups is 8. The monoisotopic (exact) mass is 1230 g/mol. The highest BCUT2D eigenvalue weighted by Crippen LogP contribution is 2.21. The summed E-state index contributed by atoms with van der Waals surface area (Å²) in [7, 11) is 8.25. The molecule has 0 aliphatic carbocycles. The lowest BCUT2D eigenvalue weighted by molar-refractivity contribution is -0.183. The van der Waals surface area contributed by atoms with E-state index >= 15 is 0 Å². The van der Waals surface area contributed by atoms with Gasteiger partial charge in [-0.05, 0) is 122 Å². The van der Waals surface area contributed by atoms with E-state index < -0.39 is 0 Å². The molecule has 0 radical (unpaired) electrons. The van der Waals surface area contributed by atoms with Gasteiger partial charge in [0, 0.05) is 83.0 Å². The lowest BCUT2D eigenvalue weighted by atomic mass is 10.2. The van der Waals surface area contributed by atoms with Crippen LogP contribution in [0.5, 0.6) is 0 Å². The number of rotatable bonds is 16. The highest BCUT2D eigenvalue weighted by atomic mass is 32.2. The van der Waals surface area contributed by atoms with Crippen molar-refractivity contribution in [2.24, 2.45) is 0 Å². The molecular formula is C56H112N16O10S2. The molecule has 0 unspecified atom stereocenters. The third-order valence-electron chi connectivity index (χ3n) is 12.7. The number of Topliss-reactive ketones (excluding diaryl/α,β-unsaturated/α-hetero) is 8. The maximum atomic E-state index is 10.8. The Balaban J connectivity index is 0.000000480. The van der Waals surface area contributed by atoms with E-state index in [1.54, 1.807) is 60.3 Å². The molecule has 0 amide bonds. The molecule has 84 heavy (non-hydrogen) atoms. The SMILES string of the molecule is CC(=O)CN1CCCCN1.CC(=O)CN1CCCCN1C.CC(=O)CN1CCCN(C)C1.CC(=O)CN1CCCNC1.CC(=O)CN1CN(C)CN(C)C1.CC(=O)CN1CNCNC1.CC(=O)CN1COCOC1.CC(=O)CN1CSCSC1. The van der Waals surface area contributed by atoms with Crippen molar-refractivity contribution in [3.8, 4) is 0 Å². The predicted molar refractivity (Wildman–Crippen MR) is 335 cm³/mol. The van der Waals surface area contributed by atoms with Gasteiger partial charge in [-0.1, -0.05) is 0 Å². The Morgan fingerprint density at radius 2 is 0.857 bits per heavy atom. The molecule has 0 saturated carbocycles. The van der Waals surface area contributed by atoms with Gasteiger partial charge in [0.25, 0.3) is 0 Å². The Kier molecular flexibility index (Phi) is 46.5. The topological polar surface area (TPSA) is 242 Å². The van der Waals surface area contributed by atoms with Gasteiger partial charge in [-0.15, -0.1) is 23.5 Å². The molecule has 28 heteroatoms. The molecular weight excluding hydrogens is 1120 g/mol. The smallest absolute Gasteiger partial charge is 0.150 e. The molecule has 0 aromatic rings. The Hall–Kier alpha value is -2.66. The molecule has 0 bridgehead atoms. The van der Waals surface area contributed by atoms with Crippen molar-refractivity contribution in [2.45, 2.75) is 93.9 Å². The summed E-state index contributed by atoms with van der Waals surface area (Å²) < 4.78 is 9.87. The van der Waals surface area contributed by atoms with Crippen LogP contribution in [0, 0.1) is 0 Å². The molecule has 488 valence electrons. The molecule has 8 fully saturated rings. The number of nitrogens with zero attached hydrogens (tertiary/aromatic N) is 12. The van der Waals surface area contributed by atoms with E-state index in [9.17, 15) is 38.4 Å². The van der Waals surface area contributed by atoms with Gasteiger partial charge in [0.2, 0.25) is 0 Å². The molecule has 8 heterocycles. The van der Waals surface area contributed by atoms with E-state index in [-0.39, 0.29) is 46.3 Å². The Morgan fingerprint density at radius 3 is 1.36 bits per heavy atom. The zero-order valence-electron chi connectivity index (χ0n) is 53.7. The number of thioether (sulfide) groups is 2. The highest BCUT2D eigenvalue weighted by molar-refractivity contribution is 8.16. The largest absolute Gasteiger partial charge is 0.340 e. The molecule has 8 aliphatic rings. The molecule has 0 aromatic heterocycles. The first-order chi connectivity index (χ1) is 39.9. The maximum Gasteiger partial charge on any atom is 0.150 e. The lowest BCUT2D eigenvalue weighted by Crippen LogP contribution is -2.52. The number of hydrogen-bond acceptors (Lipinski definition) is 28. The fourth-order valence-electron chi connectivity index (χ4n) is 9.55. The Labute approximate surface area is 513 Å². The van der Waals surface area contributed by atoms with E-state index in [4.69, 9.17) is 9.47 Å². The Bertz CT molecular complexity index is 1660. The van der Waals surface area contributed by atoms with E-state index in [0.717, 1.165) is 124 Å². The third-order valence-corrected chi connectivity index (χ3v) is 15.1. The number of hydrazine groups is 2. The number of ketones is 8. The van der Waals surface area contributed by atoms with Crippen molar-refractivity contribution < 1.29 is 47.8 Å². The normalized spacial score (nSPS) is 21.5. The minimum absolute atomic E-state index is 0.133. The summed E-state index contributed by atoms with van der Waals surface area (Å²) in [6.07, 6.45) is 7.26. The van der Waals surface area contributed by atoms with Crippen molar-refractivity contribution in [1.82, 2.24) is 80.5 Å². The van der Waals surface area contributed by atoms with Crippen molar-refractivity contribution in [1.29, 1.82) is 0 Å². The predicted octanol–water partition coefficient (Wildman–Crippen LogP) is 0.289. The summed E-state index contributed by atoms with van der Waals surface area (Å²) in [5.41, 5.74) is 3.16. The molecule has 4 N–H and O–H groups in total. The zero-order chi connectivity index (χ0) is 62.7. The van der Waals surface area contributed by atoms with Crippen LogP contribution < -0.4 is 21.4 Å². The number of hydrogen-bond donors (Lipinski definition) is 4. The van der Waals surface area contributed by atoms with Gasteiger partial charge in [-0.25, -0.2) is 15.0 Å². The highest BCUT2D eigenvalue weighted by Gasteiger charge is 2.20.